The van der Waals surface area contributed by atoms with E-state index in [1.807, 2.05) is 6.92 Å². The van der Waals surface area contributed by atoms with Gasteiger partial charge in [-0.3, -0.25) is 4.79 Å². The molecule has 0 unspecified atom stereocenters. The Morgan fingerprint density at radius 2 is 2.22 bits per heavy atom. The molecule has 4 nitrogen and oxygen atoms in total. The highest BCUT2D eigenvalue weighted by Gasteiger charge is 2.29. The molecule has 1 heterocycles. The molecule has 0 saturated carbocycles. The number of phenols is 1. The molecular weight excluding hydrogens is 232 g/mol. The molecule has 4 heteroatoms. The van der Waals surface area contributed by atoms with Crippen LogP contribution >= 0.6 is 0 Å². The van der Waals surface area contributed by atoms with Crippen LogP contribution in [0.3, 0.4) is 0 Å². The van der Waals surface area contributed by atoms with E-state index in [4.69, 9.17) is 9.15 Å². The van der Waals surface area contributed by atoms with Gasteiger partial charge in [0.05, 0.1) is 11.7 Å². The first kappa shape index (κ1) is 11.3. The lowest BCUT2D eigenvalue weighted by Gasteiger charge is -2.09. The van der Waals surface area contributed by atoms with Gasteiger partial charge in [0.15, 0.2) is 0 Å². The minimum absolute atomic E-state index is 0.0247. The van der Waals surface area contributed by atoms with Gasteiger partial charge in [-0.25, -0.2) is 0 Å². The lowest BCUT2D eigenvalue weighted by atomic mass is 10.1. The van der Waals surface area contributed by atoms with Crippen molar-refractivity contribution < 1.29 is 14.3 Å². The number of phenolic OH excluding ortho intramolecular Hbond substituents is 1. The van der Waals surface area contributed by atoms with E-state index < -0.39 is 0 Å². The molecule has 0 radical (unpaired) electrons. The predicted molar refractivity (Wildman–Crippen MR) is 67.0 cm³/mol. The zero-order chi connectivity index (χ0) is 12.9. The largest absolute Gasteiger partial charge is 0.507 e. The van der Waals surface area contributed by atoms with Gasteiger partial charge in [-0.2, -0.15) is 0 Å². The minimum atomic E-state index is -0.221. The van der Waals surface area contributed by atoms with E-state index in [0.717, 1.165) is 12.0 Å². The second-order valence-electron chi connectivity index (χ2n) is 4.69. The molecule has 0 aliphatic heterocycles. The zero-order valence-corrected chi connectivity index (χ0v) is 10.3. The van der Waals surface area contributed by atoms with E-state index >= 15 is 0 Å². The third-order valence-electron chi connectivity index (χ3n) is 3.47. The standard InChI is InChI=1S/C14H14O4/c1-7-5-8(15)12-11(6-7)18-10-4-3-9(17-2)13(10)14(12)16/h5-6,9,15H,3-4H2,1-2H3/t9-/m1/s1. The van der Waals surface area contributed by atoms with Crippen molar-refractivity contribution in [2.75, 3.05) is 7.11 Å². The molecule has 1 aromatic carbocycles. The van der Waals surface area contributed by atoms with Crippen LogP contribution in [0, 0.1) is 6.92 Å². The summed E-state index contributed by atoms with van der Waals surface area (Å²) in [7, 11) is 1.58. The van der Waals surface area contributed by atoms with E-state index in [1.54, 1.807) is 19.2 Å². The highest BCUT2D eigenvalue weighted by Crippen LogP contribution is 2.35. The molecule has 2 aromatic rings. The Labute approximate surface area is 104 Å². The first-order chi connectivity index (χ1) is 8.61. The van der Waals surface area contributed by atoms with Gasteiger partial charge in [-0.05, 0) is 31.0 Å². The third-order valence-corrected chi connectivity index (χ3v) is 3.47. The van der Waals surface area contributed by atoms with Gasteiger partial charge < -0.3 is 14.3 Å². The Hall–Kier alpha value is -1.81. The minimum Gasteiger partial charge on any atom is -0.507 e. The summed E-state index contributed by atoms with van der Waals surface area (Å²) in [5.41, 5.74) is 1.70. The van der Waals surface area contributed by atoms with Crippen molar-refractivity contribution in [3.8, 4) is 5.75 Å². The highest BCUT2D eigenvalue weighted by atomic mass is 16.5. The van der Waals surface area contributed by atoms with Crippen molar-refractivity contribution in [2.45, 2.75) is 25.9 Å². The average molecular weight is 246 g/mol. The Balaban J connectivity index is 2.41. The summed E-state index contributed by atoms with van der Waals surface area (Å²) in [6.07, 6.45) is 1.23. The summed E-state index contributed by atoms with van der Waals surface area (Å²) in [5, 5.41) is 10.2. The molecule has 1 aliphatic carbocycles. The van der Waals surface area contributed by atoms with Gasteiger partial charge in [0, 0.05) is 13.5 Å². The van der Waals surface area contributed by atoms with Crippen molar-refractivity contribution in [2.24, 2.45) is 0 Å². The third kappa shape index (κ3) is 1.46. The van der Waals surface area contributed by atoms with E-state index in [9.17, 15) is 9.90 Å². The molecule has 1 N–H and O–H groups in total. The molecule has 1 atom stereocenters. The first-order valence-electron chi connectivity index (χ1n) is 5.94. The van der Waals surface area contributed by atoms with Crippen LogP contribution in [0.25, 0.3) is 11.0 Å². The van der Waals surface area contributed by atoms with Crippen LogP contribution in [0.4, 0.5) is 0 Å². The SMILES string of the molecule is CO[C@@H]1CCc2oc3cc(C)cc(O)c3c(=O)c21. The fourth-order valence-electron chi connectivity index (χ4n) is 2.65. The summed E-state index contributed by atoms with van der Waals surface area (Å²) in [6.45, 7) is 1.85. The predicted octanol–water partition coefficient (Wildman–Crippen LogP) is 2.44. The fraction of sp³-hybridized carbons (Fsp3) is 0.357. The molecule has 0 fully saturated rings. The van der Waals surface area contributed by atoms with Crippen LogP contribution in [0.5, 0.6) is 5.75 Å². The van der Waals surface area contributed by atoms with Gasteiger partial charge in [-0.15, -0.1) is 0 Å². The van der Waals surface area contributed by atoms with Crippen LogP contribution in [-0.2, 0) is 11.2 Å². The maximum Gasteiger partial charge on any atom is 0.202 e. The summed E-state index contributed by atoms with van der Waals surface area (Å²) in [5.74, 6) is 0.660. The number of benzene rings is 1. The summed E-state index contributed by atoms with van der Waals surface area (Å²) in [6, 6.07) is 3.35. The monoisotopic (exact) mass is 246 g/mol. The summed E-state index contributed by atoms with van der Waals surface area (Å²) < 4.78 is 11.0. The van der Waals surface area contributed by atoms with Crippen molar-refractivity contribution in [3.05, 3.63) is 39.2 Å². The van der Waals surface area contributed by atoms with Gasteiger partial charge in [0.2, 0.25) is 5.43 Å². The molecule has 18 heavy (non-hydrogen) atoms. The van der Waals surface area contributed by atoms with Crippen LogP contribution in [0.2, 0.25) is 0 Å². The number of hydrogen-bond acceptors (Lipinski definition) is 4. The Morgan fingerprint density at radius 3 is 2.94 bits per heavy atom. The Bertz CT molecular complexity index is 684. The average Bonchev–Trinajstić information content (AvgIpc) is 2.71. The molecule has 0 saturated heterocycles. The summed E-state index contributed by atoms with van der Waals surface area (Å²) >= 11 is 0. The van der Waals surface area contributed by atoms with Gasteiger partial charge in [0.25, 0.3) is 0 Å². The van der Waals surface area contributed by atoms with Crippen molar-refractivity contribution >= 4 is 11.0 Å². The first-order valence-corrected chi connectivity index (χ1v) is 5.94. The quantitative estimate of drug-likeness (QED) is 0.839. The highest BCUT2D eigenvalue weighted by molar-refractivity contribution is 5.84. The molecular formula is C14H14O4. The fourth-order valence-corrected chi connectivity index (χ4v) is 2.65. The maximum atomic E-state index is 12.4. The molecule has 1 aliphatic rings. The van der Waals surface area contributed by atoms with Gasteiger partial charge in [-0.1, -0.05) is 0 Å². The van der Waals surface area contributed by atoms with Crippen molar-refractivity contribution in [1.82, 2.24) is 0 Å². The lowest BCUT2D eigenvalue weighted by Crippen LogP contribution is -2.13. The topological polar surface area (TPSA) is 59.7 Å². The number of rotatable bonds is 1. The van der Waals surface area contributed by atoms with Crippen molar-refractivity contribution in [3.63, 3.8) is 0 Å². The smallest absolute Gasteiger partial charge is 0.202 e. The van der Waals surface area contributed by atoms with Gasteiger partial charge in [0.1, 0.15) is 22.5 Å². The van der Waals surface area contributed by atoms with Crippen LogP contribution in [0.15, 0.2) is 21.3 Å². The van der Waals surface area contributed by atoms with E-state index in [1.165, 1.54) is 0 Å². The molecule has 3 rings (SSSR count). The number of methoxy groups -OCH3 is 1. The number of ether oxygens (including phenoxy) is 1. The van der Waals surface area contributed by atoms with E-state index in [2.05, 4.69) is 0 Å². The van der Waals surface area contributed by atoms with Crippen LogP contribution in [0.1, 0.15) is 29.4 Å². The molecule has 0 amide bonds. The zero-order valence-electron chi connectivity index (χ0n) is 10.3. The van der Waals surface area contributed by atoms with Crippen molar-refractivity contribution in [1.29, 1.82) is 0 Å². The summed E-state index contributed by atoms with van der Waals surface area (Å²) in [4.78, 5) is 12.4. The Kier molecular flexibility index (Phi) is 2.41. The second kappa shape index (κ2) is 3.85. The van der Waals surface area contributed by atoms with E-state index in [-0.39, 0.29) is 22.7 Å². The molecule has 94 valence electrons. The van der Waals surface area contributed by atoms with Gasteiger partial charge >= 0.3 is 0 Å². The molecule has 1 aromatic heterocycles. The Morgan fingerprint density at radius 1 is 1.44 bits per heavy atom. The maximum absolute atomic E-state index is 12.4. The van der Waals surface area contributed by atoms with Crippen LogP contribution < -0.4 is 5.43 Å². The number of fused-ring (bicyclic) bond motifs is 2. The molecule has 0 bridgehead atoms. The number of hydrogen-bond donors (Lipinski definition) is 1. The number of aryl methyl sites for hydroxylation is 2. The number of aromatic hydroxyl groups is 1. The van der Waals surface area contributed by atoms with E-state index in [0.29, 0.717) is 23.3 Å². The second-order valence-corrected chi connectivity index (χ2v) is 4.69. The normalized spacial score (nSPS) is 18.2. The van der Waals surface area contributed by atoms with Crippen LogP contribution in [-0.4, -0.2) is 12.2 Å². The molecule has 0 spiro atoms. The lowest BCUT2D eigenvalue weighted by molar-refractivity contribution is 0.104.